The second kappa shape index (κ2) is 4.52. The van der Waals surface area contributed by atoms with E-state index < -0.39 is 17.5 Å². The number of halogens is 2. The van der Waals surface area contributed by atoms with E-state index in [0.29, 0.717) is 0 Å². The van der Waals surface area contributed by atoms with Gasteiger partial charge in [0.2, 0.25) is 0 Å². The lowest BCUT2D eigenvalue weighted by Gasteiger charge is -2.06. The topological polar surface area (TPSA) is 67.1 Å². The third kappa shape index (κ3) is 2.40. The number of rotatable bonds is 3. The Kier molecular flexibility index (Phi) is 3.35. The van der Waals surface area contributed by atoms with Gasteiger partial charge in [-0.2, -0.15) is 0 Å². The predicted molar refractivity (Wildman–Crippen MR) is 47.2 cm³/mol. The SMILES string of the molecule is NNC(=O)CNc1cccc(F)c1F. The monoisotopic (exact) mass is 201 g/mol. The maximum absolute atomic E-state index is 13.0. The summed E-state index contributed by atoms with van der Waals surface area (Å²) in [7, 11) is 0. The summed E-state index contributed by atoms with van der Waals surface area (Å²) in [5.41, 5.74) is 1.78. The minimum absolute atomic E-state index is 0.0754. The van der Waals surface area contributed by atoms with Gasteiger partial charge in [0, 0.05) is 0 Å². The van der Waals surface area contributed by atoms with Gasteiger partial charge in [-0.1, -0.05) is 6.07 Å². The van der Waals surface area contributed by atoms with Crippen molar-refractivity contribution in [3.05, 3.63) is 29.8 Å². The molecule has 0 saturated carbocycles. The largest absolute Gasteiger partial charge is 0.374 e. The van der Waals surface area contributed by atoms with Crippen LogP contribution >= 0.6 is 0 Å². The standard InChI is InChI=1S/C8H9F2N3O/c9-5-2-1-3-6(8(5)10)12-4-7(14)13-11/h1-3,12H,4,11H2,(H,13,14). The second-order valence-corrected chi connectivity index (χ2v) is 2.52. The highest BCUT2D eigenvalue weighted by atomic mass is 19.2. The molecule has 0 aliphatic carbocycles. The Bertz CT molecular complexity index is 343. The normalized spacial score (nSPS) is 9.64. The van der Waals surface area contributed by atoms with E-state index in [0.717, 1.165) is 6.07 Å². The molecule has 0 unspecified atom stereocenters. The molecule has 0 aliphatic rings. The van der Waals surface area contributed by atoms with Crippen LogP contribution in [0.3, 0.4) is 0 Å². The van der Waals surface area contributed by atoms with E-state index in [1.54, 1.807) is 0 Å². The Morgan fingerprint density at radius 2 is 2.14 bits per heavy atom. The van der Waals surface area contributed by atoms with Gasteiger partial charge in [-0.25, -0.2) is 14.6 Å². The Balaban J connectivity index is 2.68. The summed E-state index contributed by atoms with van der Waals surface area (Å²) in [6.07, 6.45) is 0. The third-order valence-electron chi connectivity index (χ3n) is 1.55. The average molecular weight is 201 g/mol. The van der Waals surface area contributed by atoms with E-state index in [2.05, 4.69) is 5.32 Å². The van der Waals surface area contributed by atoms with Gasteiger partial charge in [-0.3, -0.25) is 10.2 Å². The summed E-state index contributed by atoms with van der Waals surface area (Å²) in [4.78, 5) is 10.7. The van der Waals surface area contributed by atoms with E-state index in [9.17, 15) is 13.6 Å². The average Bonchev–Trinajstić information content (AvgIpc) is 2.20. The summed E-state index contributed by atoms with van der Waals surface area (Å²) in [5.74, 6) is 2.29. The first-order valence-electron chi connectivity index (χ1n) is 3.82. The van der Waals surface area contributed by atoms with Crippen LogP contribution in [0.1, 0.15) is 0 Å². The summed E-state index contributed by atoms with van der Waals surface area (Å²) in [5, 5.41) is 2.40. The van der Waals surface area contributed by atoms with Gasteiger partial charge in [-0.15, -0.1) is 0 Å². The molecule has 0 bridgehead atoms. The van der Waals surface area contributed by atoms with Crippen LogP contribution in [0.25, 0.3) is 0 Å². The quantitative estimate of drug-likeness (QED) is 0.376. The number of nitrogens with one attached hydrogen (secondary N) is 2. The van der Waals surface area contributed by atoms with Crippen molar-refractivity contribution >= 4 is 11.6 Å². The van der Waals surface area contributed by atoms with Gasteiger partial charge < -0.3 is 5.32 Å². The lowest BCUT2D eigenvalue weighted by atomic mass is 10.3. The van der Waals surface area contributed by atoms with Crippen molar-refractivity contribution in [2.24, 2.45) is 5.84 Å². The molecular formula is C8H9F2N3O. The molecule has 0 aromatic heterocycles. The van der Waals surface area contributed by atoms with Crippen LogP contribution in [0.5, 0.6) is 0 Å². The minimum Gasteiger partial charge on any atom is -0.374 e. The van der Waals surface area contributed by atoms with Gasteiger partial charge in [0.1, 0.15) is 0 Å². The molecule has 0 atom stereocenters. The third-order valence-corrected chi connectivity index (χ3v) is 1.55. The number of hydrogen-bond donors (Lipinski definition) is 3. The molecule has 1 rings (SSSR count). The molecule has 76 valence electrons. The number of hydrogen-bond acceptors (Lipinski definition) is 3. The van der Waals surface area contributed by atoms with E-state index in [4.69, 9.17) is 5.84 Å². The zero-order chi connectivity index (χ0) is 10.6. The first-order valence-corrected chi connectivity index (χ1v) is 3.82. The zero-order valence-electron chi connectivity index (χ0n) is 7.18. The van der Waals surface area contributed by atoms with Crippen molar-refractivity contribution in [3.63, 3.8) is 0 Å². The number of hydrazine groups is 1. The zero-order valence-corrected chi connectivity index (χ0v) is 7.18. The van der Waals surface area contributed by atoms with Crippen LogP contribution in [-0.2, 0) is 4.79 Å². The van der Waals surface area contributed by atoms with Crippen LogP contribution in [0.2, 0.25) is 0 Å². The second-order valence-electron chi connectivity index (χ2n) is 2.52. The maximum Gasteiger partial charge on any atom is 0.253 e. The predicted octanol–water partition coefficient (Wildman–Crippen LogP) is 0.367. The fraction of sp³-hybridized carbons (Fsp3) is 0.125. The van der Waals surface area contributed by atoms with Gasteiger partial charge in [0.15, 0.2) is 11.6 Å². The van der Waals surface area contributed by atoms with Gasteiger partial charge in [0.05, 0.1) is 12.2 Å². The van der Waals surface area contributed by atoms with Gasteiger partial charge in [-0.05, 0) is 12.1 Å². The molecule has 1 aromatic carbocycles. The van der Waals surface area contributed by atoms with Crippen molar-refractivity contribution in [2.45, 2.75) is 0 Å². The van der Waals surface area contributed by atoms with Crippen molar-refractivity contribution in [1.29, 1.82) is 0 Å². The van der Waals surface area contributed by atoms with Crippen molar-refractivity contribution in [1.82, 2.24) is 5.43 Å². The van der Waals surface area contributed by atoms with E-state index in [1.165, 1.54) is 12.1 Å². The molecule has 0 aliphatic heterocycles. The number of carbonyl (C=O) groups is 1. The molecule has 0 heterocycles. The molecule has 0 fully saturated rings. The summed E-state index contributed by atoms with van der Waals surface area (Å²) < 4.78 is 25.6. The smallest absolute Gasteiger partial charge is 0.253 e. The Hall–Kier alpha value is -1.69. The highest BCUT2D eigenvalue weighted by molar-refractivity contribution is 5.80. The van der Waals surface area contributed by atoms with Crippen LogP contribution in [0.4, 0.5) is 14.5 Å². The fourth-order valence-corrected chi connectivity index (χ4v) is 0.867. The molecule has 6 heteroatoms. The van der Waals surface area contributed by atoms with Crippen molar-refractivity contribution < 1.29 is 13.6 Å². The van der Waals surface area contributed by atoms with Crippen molar-refractivity contribution in [2.75, 3.05) is 11.9 Å². The van der Waals surface area contributed by atoms with Crippen LogP contribution < -0.4 is 16.6 Å². The highest BCUT2D eigenvalue weighted by Gasteiger charge is 2.07. The molecule has 4 N–H and O–H groups in total. The first kappa shape index (κ1) is 10.4. The Labute approximate surface area is 79.1 Å². The maximum atomic E-state index is 13.0. The van der Waals surface area contributed by atoms with E-state index in [1.807, 2.05) is 5.43 Å². The van der Waals surface area contributed by atoms with Gasteiger partial charge in [0.25, 0.3) is 5.91 Å². The number of nitrogens with two attached hydrogens (primary N) is 1. The molecule has 1 amide bonds. The molecule has 0 radical (unpaired) electrons. The lowest BCUT2D eigenvalue weighted by Crippen LogP contribution is -2.35. The first-order chi connectivity index (χ1) is 6.65. The minimum atomic E-state index is -1.02. The molecule has 14 heavy (non-hydrogen) atoms. The van der Waals surface area contributed by atoms with Crippen molar-refractivity contribution in [3.8, 4) is 0 Å². The molecule has 1 aromatic rings. The fourth-order valence-electron chi connectivity index (χ4n) is 0.867. The summed E-state index contributed by atoms with van der Waals surface area (Å²) in [6.45, 7) is -0.211. The number of anilines is 1. The van der Waals surface area contributed by atoms with Crippen LogP contribution in [-0.4, -0.2) is 12.5 Å². The highest BCUT2D eigenvalue weighted by Crippen LogP contribution is 2.15. The Morgan fingerprint density at radius 1 is 1.43 bits per heavy atom. The molecular weight excluding hydrogens is 192 g/mol. The summed E-state index contributed by atoms with van der Waals surface area (Å²) >= 11 is 0. The number of carbonyl (C=O) groups excluding carboxylic acids is 1. The molecule has 0 spiro atoms. The van der Waals surface area contributed by atoms with Crippen LogP contribution in [0.15, 0.2) is 18.2 Å². The number of amides is 1. The lowest BCUT2D eigenvalue weighted by molar-refractivity contribution is -0.119. The summed E-state index contributed by atoms with van der Waals surface area (Å²) in [6, 6.07) is 3.65. The van der Waals surface area contributed by atoms with E-state index in [-0.39, 0.29) is 12.2 Å². The van der Waals surface area contributed by atoms with Gasteiger partial charge >= 0.3 is 0 Å². The number of benzene rings is 1. The van der Waals surface area contributed by atoms with E-state index >= 15 is 0 Å². The molecule has 4 nitrogen and oxygen atoms in total. The molecule has 0 saturated heterocycles. The Morgan fingerprint density at radius 3 is 2.79 bits per heavy atom. The van der Waals surface area contributed by atoms with Crippen LogP contribution in [0, 0.1) is 11.6 Å².